The van der Waals surface area contributed by atoms with Crippen LogP contribution >= 0.6 is 0 Å². The summed E-state index contributed by atoms with van der Waals surface area (Å²) in [6.07, 6.45) is -1.08. The molecule has 0 spiro atoms. The van der Waals surface area contributed by atoms with Gasteiger partial charge < -0.3 is 15.0 Å². The fraction of sp³-hybridized carbons (Fsp3) is 0.333. The minimum absolute atomic E-state index is 0.113. The van der Waals surface area contributed by atoms with Gasteiger partial charge in [-0.15, -0.1) is 0 Å². The molecule has 1 aromatic heterocycles. The number of aromatic nitrogens is 2. The van der Waals surface area contributed by atoms with E-state index in [-0.39, 0.29) is 18.7 Å². The average molecular weight is 389 g/mol. The van der Waals surface area contributed by atoms with E-state index in [4.69, 9.17) is 5.11 Å². The Morgan fingerprint density at radius 3 is 2.62 bits per heavy atom. The molecule has 0 unspecified atom stereocenters. The number of hydrogen-bond acceptors (Lipinski definition) is 5. The second-order valence-corrected chi connectivity index (χ2v) is 8.05. The molecule has 7 nitrogen and oxygen atoms in total. The maximum atomic E-state index is 13.5. The van der Waals surface area contributed by atoms with Crippen molar-refractivity contribution >= 4 is 15.8 Å². The summed E-state index contributed by atoms with van der Waals surface area (Å²) in [6, 6.07) is 1.79. The lowest BCUT2D eigenvalue weighted by molar-refractivity contribution is -0.140. The van der Waals surface area contributed by atoms with E-state index < -0.39 is 43.7 Å². The fourth-order valence-corrected chi connectivity index (χ4v) is 4.73. The number of nitrogens with one attached hydrogen (secondary N) is 1. The molecule has 1 saturated heterocycles. The lowest BCUT2D eigenvalue weighted by atomic mass is 10.2. The first-order valence-corrected chi connectivity index (χ1v) is 9.05. The number of alkyl halides is 3. The van der Waals surface area contributed by atoms with Gasteiger partial charge in [0.05, 0.1) is 22.0 Å². The fourth-order valence-electron chi connectivity index (χ4n) is 2.87. The summed E-state index contributed by atoms with van der Waals surface area (Å²) in [6.45, 7) is -0.222. The van der Waals surface area contributed by atoms with Crippen molar-refractivity contribution in [1.29, 1.82) is 0 Å². The quantitative estimate of drug-likeness (QED) is 0.822. The van der Waals surface area contributed by atoms with Gasteiger partial charge >= 0.3 is 12.1 Å². The molecule has 1 fully saturated rings. The van der Waals surface area contributed by atoms with Gasteiger partial charge in [0.2, 0.25) is 0 Å². The zero-order chi connectivity index (χ0) is 19.1. The summed E-state index contributed by atoms with van der Waals surface area (Å²) in [5, 5.41) is 10.2. The molecule has 1 aliphatic rings. The number of sulfone groups is 1. The van der Waals surface area contributed by atoms with Gasteiger partial charge in [0.25, 0.3) is 0 Å². The van der Waals surface area contributed by atoms with Crippen LogP contribution in [0, 0.1) is 0 Å². The van der Waals surface area contributed by atoms with E-state index in [0.29, 0.717) is 0 Å². The largest absolute Gasteiger partial charge is 0.480 e. The van der Waals surface area contributed by atoms with Crippen LogP contribution in [-0.4, -0.2) is 46.9 Å². The highest BCUT2D eigenvalue weighted by atomic mass is 32.2. The first kappa shape index (κ1) is 18.4. The molecule has 0 saturated carbocycles. The zero-order valence-corrected chi connectivity index (χ0v) is 14.0. The Kier molecular flexibility index (Phi) is 4.53. The molecule has 2 atom stereocenters. The molecule has 0 aliphatic carbocycles. The predicted molar refractivity (Wildman–Crippen MR) is 83.6 cm³/mol. The van der Waals surface area contributed by atoms with Gasteiger partial charge in [0, 0.05) is 24.6 Å². The van der Waals surface area contributed by atoms with Gasteiger partial charge in [-0.25, -0.2) is 13.4 Å². The van der Waals surface area contributed by atoms with E-state index in [0.717, 1.165) is 12.1 Å². The normalized spacial score (nSPS) is 21.0. The van der Waals surface area contributed by atoms with E-state index in [1.54, 1.807) is 0 Å². The number of imidazole rings is 1. The van der Waals surface area contributed by atoms with Crippen molar-refractivity contribution in [2.75, 3.05) is 6.54 Å². The van der Waals surface area contributed by atoms with Gasteiger partial charge in [-0.2, -0.15) is 13.2 Å². The average Bonchev–Trinajstić information content (AvgIpc) is 3.25. The lowest BCUT2D eigenvalue weighted by Crippen LogP contribution is -2.30. The summed E-state index contributed by atoms with van der Waals surface area (Å²) in [4.78, 5) is 13.9. The summed E-state index contributed by atoms with van der Waals surface area (Å²) >= 11 is 0. The van der Waals surface area contributed by atoms with Gasteiger partial charge in [0.1, 0.15) is 6.04 Å². The molecule has 1 aliphatic heterocycles. The molecule has 0 amide bonds. The third-order valence-corrected chi connectivity index (χ3v) is 6.41. The van der Waals surface area contributed by atoms with Crippen LogP contribution in [0.4, 0.5) is 13.2 Å². The third kappa shape index (κ3) is 3.31. The Labute approximate surface area is 146 Å². The minimum Gasteiger partial charge on any atom is -0.480 e. The highest BCUT2D eigenvalue weighted by Crippen LogP contribution is 2.37. The van der Waals surface area contributed by atoms with Crippen molar-refractivity contribution in [3.05, 3.63) is 42.5 Å². The molecular formula is C15H14F3N3O4S. The van der Waals surface area contributed by atoms with Crippen LogP contribution in [0.3, 0.4) is 0 Å². The van der Waals surface area contributed by atoms with E-state index in [2.05, 4.69) is 10.3 Å². The Bertz CT molecular complexity index is 926. The number of carbonyl (C=O) groups is 1. The zero-order valence-electron chi connectivity index (χ0n) is 13.1. The van der Waals surface area contributed by atoms with Gasteiger partial charge in [-0.3, -0.25) is 4.79 Å². The number of carboxylic acids is 1. The van der Waals surface area contributed by atoms with Crippen molar-refractivity contribution in [3.8, 4) is 5.69 Å². The molecule has 0 radical (unpaired) electrons. The second-order valence-electron chi connectivity index (χ2n) is 5.85. The van der Waals surface area contributed by atoms with Gasteiger partial charge in [0.15, 0.2) is 9.84 Å². The molecule has 11 heteroatoms. The van der Waals surface area contributed by atoms with Crippen LogP contribution in [0.1, 0.15) is 12.0 Å². The van der Waals surface area contributed by atoms with Crippen molar-refractivity contribution in [3.63, 3.8) is 0 Å². The Hall–Kier alpha value is -2.40. The molecule has 2 aromatic rings. The summed E-state index contributed by atoms with van der Waals surface area (Å²) in [7, 11) is -4.38. The Morgan fingerprint density at radius 1 is 1.35 bits per heavy atom. The number of carboxylic acid groups (broad SMARTS) is 1. The van der Waals surface area contributed by atoms with E-state index >= 15 is 0 Å². The summed E-state index contributed by atoms with van der Waals surface area (Å²) in [5.74, 6) is -1.24. The molecule has 2 heterocycles. The number of aliphatic carboxylic acids is 1. The number of halogens is 3. The van der Waals surface area contributed by atoms with Crippen LogP contribution in [-0.2, 0) is 20.8 Å². The smallest absolute Gasteiger partial charge is 0.417 e. The highest BCUT2D eigenvalue weighted by Gasteiger charge is 2.43. The number of nitrogens with zero attached hydrogens (tertiary/aromatic N) is 2. The minimum atomic E-state index is -4.89. The highest BCUT2D eigenvalue weighted by molar-refractivity contribution is 7.92. The number of rotatable bonds is 4. The summed E-state index contributed by atoms with van der Waals surface area (Å²) in [5.41, 5.74) is -1.18. The van der Waals surface area contributed by atoms with E-state index in [1.165, 1.54) is 29.4 Å². The van der Waals surface area contributed by atoms with Crippen LogP contribution in [0.2, 0.25) is 0 Å². The maximum absolute atomic E-state index is 13.5. The van der Waals surface area contributed by atoms with E-state index in [9.17, 15) is 26.4 Å². The van der Waals surface area contributed by atoms with Gasteiger partial charge in [-0.1, -0.05) is 0 Å². The second kappa shape index (κ2) is 6.40. The number of benzene rings is 1. The Morgan fingerprint density at radius 2 is 2.08 bits per heavy atom. The Balaban J connectivity index is 2.05. The molecule has 0 bridgehead atoms. The molecule has 140 valence electrons. The molecule has 3 rings (SSSR count). The van der Waals surface area contributed by atoms with Crippen molar-refractivity contribution in [2.24, 2.45) is 0 Å². The summed E-state index contributed by atoms with van der Waals surface area (Å²) < 4.78 is 67.2. The SMILES string of the molecule is O=C(O)[C@@H]1C[C@@H](S(=O)(=O)c2ccc(-n3ccnc3)cc2C(F)(F)F)CN1. The van der Waals surface area contributed by atoms with Crippen LogP contribution in [0.15, 0.2) is 41.8 Å². The molecule has 26 heavy (non-hydrogen) atoms. The lowest BCUT2D eigenvalue weighted by Gasteiger charge is -2.18. The molecule has 1 aromatic carbocycles. The maximum Gasteiger partial charge on any atom is 0.417 e. The van der Waals surface area contributed by atoms with Crippen molar-refractivity contribution in [2.45, 2.75) is 28.8 Å². The van der Waals surface area contributed by atoms with Crippen LogP contribution in [0.25, 0.3) is 5.69 Å². The van der Waals surface area contributed by atoms with Crippen LogP contribution < -0.4 is 5.32 Å². The predicted octanol–water partition coefficient (Wildman–Crippen LogP) is 1.48. The first-order chi connectivity index (χ1) is 12.1. The standard InChI is InChI=1S/C15H14F3N3O4S/c16-15(17,18)11-5-9(21-4-3-19-8-21)1-2-13(11)26(24,25)10-6-12(14(22)23)20-7-10/h1-5,8,10,12,20H,6-7H2,(H,22,23)/t10-,12+/m1/s1. The molecular weight excluding hydrogens is 375 g/mol. The molecule has 2 N–H and O–H groups in total. The third-order valence-electron chi connectivity index (χ3n) is 4.21. The van der Waals surface area contributed by atoms with Crippen molar-refractivity contribution < 1.29 is 31.5 Å². The topological polar surface area (TPSA) is 101 Å². The van der Waals surface area contributed by atoms with Crippen molar-refractivity contribution in [1.82, 2.24) is 14.9 Å². The van der Waals surface area contributed by atoms with E-state index in [1.807, 2.05) is 0 Å². The van der Waals surface area contributed by atoms with Crippen LogP contribution in [0.5, 0.6) is 0 Å². The first-order valence-electron chi connectivity index (χ1n) is 7.50. The van der Waals surface area contributed by atoms with Gasteiger partial charge in [-0.05, 0) is 24.6 Å². The number of hydrogen-bond donors (Lipinski definition) is 2. The monoisotopic (exact) mass is 389 g/mol.